The average molecular weight is 409 g/mol. The number of aryl methyl sites for hydroxylation is 1. The summed E-state index contributed by atoms with van der Waals surface area (Å²) in [6, 6.07) is 6.94. The minimum atomic E-state index is -1.16. The molecule has 28 heavy (non-hydrogen) atoms. The summed E-state index contributed by atoms with van der Waals surface area (Å²) in [6.07, 6.45) is 0.708. The van der Waals surface area contributed by atoms with E-state index in [0.29, 0.717) is 25.1 Å². The van der Waals surface area contributed by atoms with Crippen molar-refractivity contribution in [1.29, 1.82) is 0 Å². The van der Waals surface area contributed by atoms with Gasteiger partial charge >= 0.3 is 6.03 Å². The number of hydrogen-bond acceptors (Lipinski definition) is 4. The topological polar surface area (TPSA) is 95.7 Å². The van der Waals surface area contributed by atoms with Gasteiger partial charge in [0, 0.05) is 19.1 Å². The van der Waals surface area contributed by atoms with Gasteiger partial charge in [0.05, 0.1) is 0 Å². The third-order valence-corrected chi connectivity index (χ3v) is 5.86. The first kappa shape index (κ1) is 22.2. The number of imide groups is 1. The fourth-order valence-electron chi connectivity index (χ4n) is 3.75. The van der Waals surface area contributed by atoms with E-state index < -0.39 is 17.5 Å². The zero-order chi connectivity index (χ0) is 20.0. The monoisotopic (exact) mass is 408 g/mol. The standard InChI is InChI=1S/C20H28N4O3.ClH/c1-13-5-7-14(8-6-13)20(4)17(26)24(18(27)22-20)11-16(25)23-10-9-15(21)19(2,3)12-23;/h5-8,15H,9-12,21H2,1-4H3,(H,22,27);1H. The van der Waals surface area contributed by atoms with Gasteiger partial charge in [0.15, 0.2) is 0 Å². The molecule has 8 heteroatoms. The van der Waals surface area contributed by atoms with Crippen LogP contribution in [0, 0.1) is 12.3 Å². The predicted molar refractivity (Wildman–Crippen MR) is 109 cm³/mol. The van der Waals surface area contributed by atoms with Crippen molar-refractivity contribution in [1.82, 2.24) is 15.1 Å². The molecule has 1 aromatic carbocycles. The minimum absolute atomic E-state index is 0. The molecular weight excluding hydrogens is 380 g/mol. The summed E-state index contributed by atoms with van der Waals surface area (Å²) in [4.78, 5) is 40.9. The molecule has 1 aromatic rings. The number of carbonyl (C=O) groups excluding carboxylic acids is 3. The van der Waals surface area contributed by atoms with Gasteiger partial charge in [-0.1, -0.05) is 43.7 Å². The van der Waals surface area contributed by atoms with Gasteiger partial charge in [-0.05, 0) is 31.2 Å². The predicted octanol–water partition coefficient (Wildman–Crippen LogP) is 1.77. The van der Waals surface area contributed by atoms with E-state index in [9.17, 15) is 14.4 Å². The van der Waals surface area contributed by atoms with Crippen LogP contribution in [0.5, 0.6) is 0 Å². The average Bonchev–Trinajstić information content (AvgIpc) is 2.82. The SMILES string of the molecule is Cc1ccc(C2(C)NC(=O)N(CC(=O)N3CCC(N)C(C)(C)C3)C2=O)cc1.Cl. The second-order valence-electron chi connectivity index (χ2n) is 8.51. The molecule has 2 unspecified atom stereocenters. The van der Waals surface area contributed by atoms with Gasteiger partial charge in [-0.3, -0.25) is 14.5 Å². The third-order valence-electron chi connectivity index (χ3n) is 5.86. The number of nitrogens with two attached hydrogens (primary N) is 1. The summed E-state index contributed by atoms with van der Waals surface area (Å²) in [5.41, 5.74) is 6.54. The number of nitrogens with zero attached hydrogens (tertiary/aromatic N) is 2. The maximum Gasteiger partial charge on any atom is 0.325 e. The lowest BCUT2D eigenvalue weighted by molar-refractivity contribution is -0.140. The van der Waals surface area contributed by atoms with Crippen molar-refractivity contribution in [2.45, 2.75) is 45.7 Å². The second-order valence-corrected chi connectivity index (χ2v) is 8.51. The summed E-state index contributed by atoms with van der Waals surface area (Å²) in [5.74, 6) is -0.635. The molecule has 0 aromatic heterocycles. The normalized spacial score (nSPS) is 26.7. The third kappa shape index (κ3) is 3.86. The first-order valence-corrected chi connectivity index (χ1v) is 9.29. The number of nitrogens with one attached hydrogen (secondary N) is 1. The summed E-state index contributed by atoms with van der Waals surface area (Å²) >= 11 is 0. The van der Waals surface area contributed by atoms with E-state index in [1.165, 1.54) is 0 Å². The van der Waals surface area contributed by atoms with Crippen LogP contribution in [0.2, 0.25) is 0 Å². The Morgan fingerprint density at radius 1 is 1.21 bits per heavy atom. The molecular formula is C20H29ClN4O3. The Morgan fingerprint density at radius 2 is 1.82 bits per heavy atom. The number of benzene rings is 1. The van der Waals surface area contributed by atoms with E-state index in [1.54, 1.807) is 11.8 Å². The zero-order valence-corrected chi connectivity index (χ0v) is 17.6. The quantitative estimate of drug-likeness (QED) is 0.745. The molecule has 0 radical (unpaired) electrons. The summed E-state index contributed by atoms with van der Waals surface area (Å²) in [5, 5.41) is 2.74. The molecule has 4 amide bonds. The van der Waals surface area contributed by atoms with Crippen molar-refractivity contribution < 1.29 is 14.4 Å². The number of hydrogen-bond donors (Lipinski definition) is 2. The fourth-order valence-corrected chi connectivity index (χ4v) is 3.75. The molecule has 3 N–H and O–H groups in total. The number of rotatable bonds is 3. The summed E-state index contributed by atoms with van der Waals surface area (Å²) in [7, 11) is 0. The Bertz CT molecular complexity index is 780. The Kier molecular flexibility index (Phi) is 6.11. The molecule has 2 saturated heterocycles. The summed E-state index contributed by atoms with van der Waals surface area (Å²) in [6.45, 7) is 8.49. The minimum Gasteiger partial charge on any atom is -0.340 e. The molecule has 0 spiro atoms. The molecule has 2 aliphatic rings. The lowest BCUT2D eigenvalue weighted by Gasteiger charge is -2.42. The van der Waals surface area contributed by atoms with Crippen LogP contribution in [0.4, 0.5) is 4.79 Å². The maximum atomic E-state index is 13.0. The van der Waals surface area contributed by atoms with Crippen molar-refractivity contribution in [2.24, 2.45) is 11.1 Å². The largest absolute Gasteiger partial charge is 0.340 e. The number of piperidine rings is 1. The lowest BCUT2D eigenvalue weighted by Crippen LogP contribution is -2.56. The van der Waals surface area contributed by atoms with E-state index >= 15 is 0 Å². The number of carbonyl (C=O) groups is 3. The van der Waals surface area contributed by atoms with E-state index in [-0.39, 0.29) is 36.3 Å². The maximum absolute atomic E-state index is 13.0. The van der Waals surface area contributed by atoms with Crippen molar-refractivity contribution in [2.75, 3.05) is 19.6 Å². The lowest BCUT2D eigenvalue weighted by atomic mass is 9.79. The van der Waals surface area contributed by atoms with Crippen LogP contribution in [0.1, 0.15) is 38.3 Å². The Hall–Kier alpha value is -2.12. The highest BCUT2D eigenvalue weighted by Crippen LogP contribution is 2.30. The number of amides is 4. The van der Waals surface area contributed by atoms with E-state index in [4.69, 9.17) is 5.73 Å². The second kappa shape index (κ2) is 7.72. The Balaban J connectivity index is 0.00000280. The van der Waals surface area contributed by atoms with Gasteiger partial charge in [0.1, 0.15) is 12.1 Å². The van der Waals surface area contributed by atoms with Crippen LogP contribution in [0.3, 0.4) is 0 Å². The van der Waals surface area contributed by atoms with Crippen LogP contribution in [-0.4, -0.2) is 53.3 Å². The zero-order valence-electron chi connectivity index (χ0n) is 16.8. The van der Waals surface area contributed by atoms with Gasteiger partial charge in [0.25, 0.3) is 5.91 Å². The molecule has 3 rings (SSSR count). The first-order chi connectivity index (χ1) is 12.5. The summed E-state index contributed by atoms with van der Waals surface area (Å²) < 4.78 is 0. The Labute approximate surface area is 172 Å². The number of urea groups is 1. The van der Waals surface area contributed by atoms with Crippen molar-refractivity contribution >= 4 is 30.3 Å². The van der Waals surface area contributed by atoms with Crippen LogP contribution in [-0.2, 0) is 15.1 Å². The smallest absolute Gasteiger partial charge is 0.325 e. The van der Waals surface area contributed by atoms with Gasteiger partial charge in [-0.2, -0.15) is 0 Å². The van der Waals surface area contributed by atoms with Gasteiger partial charge in [-0.15, -0.1) is 12.4 Å². The first-order valence-electron chi connectivity index (χ1n) is 9.29. The van der Waals surface area contributed by atoms with Crippen LogP contribution in [0.25, 0.3) is 0 Å². The number of likely N-dealkylation sites (tertiary alicyclic amines) is 1. The molecule has 2 atom stereocenters. The van der Waals surface area contributed by atoms with Crippen molar-refractivity contribution in [3.8, 4) is 0 Å². The van der Waals surface area contributed by atoms with E-state index in [1.807, 2.05) is 45.0 Å². The number of halogens is 1. The van der Waals surface area contributed by atoms with Crippen molar-refractivity contribution in [3.63, 3.8) is 0 Å². The van der Waals surface area contributed by atoms with Gasteiger partial charge in [0.2, 0.25) is 5.91 Å². The molecule has 0 bridgehead atoms. The van der Waals surface area contributed by atoms with Gasteiger partial charge < -0.3 is 16.0 Å². The van der Waals surface area contributed by atoms with Crippen LogP contribution >= 0.6 is 12.4 Å². The highest BCUT2D eigenvalue weighted by Gasteiger charge is 2.50. The molecule has 2 heterocycles. The molecule has 0 aliphatic carbocycles. The van der Waals surface area contributed by atoms with Crippen molar-refractivity contribution in [3.05, 3.63) is 35.4 Å². The molecule has 0 saturated carbocycles. The van der Waals surface area contributed by atoms with Crippen LogP contribution < -0.4 is 11.1 Å². The van der Waals surface area contributed by atoms with E-state index in [2.05, 4.69) is 5.32 Å². The van der Waals surface area contributed by atoms with Gasteiger partial charge in [-0.25, -0.2) is 4.79 Å². The molecule has 7 nitrogen and oxygen atoms in total. The van der Waals surface area contributed by atoms with Crippen LogP contribution in [0.15, 0.2) is 24.3 Å². The van der Waals surface area contributed by atoms with E-state index in [0.717, 1.165) is 10.5 Å². The Morgan fingerprint density at radius 3 is 2.39 bits per heavy atom. The fraction of sp³-hybridized carbons (Fsp3) is 0.550. The highest BCUT2D eigenvalue weighted by molar-refractivity contribution is 6.09. The highest BCUT2D eigenvalue weighted by atomic mass is 35.5. The molecule has 2 fully saturated rings. The molecule has 2 aliphatic heterocycles. The molecule has 154 valence electrons.